The minimum absolute atomic E-state index is 0.495. The van der Waals surface area contributed by atoms with Crippen LogP contribution in [-0.4, -0.2) is 12.6 Å². The van der Waals surface area contributed by atoms with Gasteiger partial charge in [0.1, 0.15) is 0 Å². The van der Waals surface area contributed by atoms with Crippen molar-refractivity contribution < 1.29 is 0 Å². The third-order valence-corrected chi connectivity index (χ3v) is 4.55. The van der Waals surface area contributed by atoms with Crippen LogP contribution in [0.1, 0.15) is 58.4 Å². The highest BCUT2D eigenvalue weighted by Crippen LogP contribution is 2.46. The highest BCUT2D eigenvalue weighted by Gasteiger charge is 2.35. The lowest BCUT2D eigenvalue weighted by Gasteiger charge is -2.41. The van der Waals surface area contributed by atoms with Gasteiger partial charge in [-0.2, -0.15) is 0 Å². The summed E-state index contributed by atoms with van der Waals surface area (Å²) in [6, 6.07) is 11.7. The Morgan fingerprint density at radius 3 is 2.53 bits per heavy atom. The fourth-order valence-corrected chi connectivity index (χ4v) is 3.36. The summed E-state index contributed by atoms with van der Waals surface area (Å²) in [7, 11) is 0. The molecule has 0 aromatic heterocycles. The second kappa shape index (κ2) is 6.09. The second-order valence-corrected chi connectivity index (χ2v) is 7.25. The zero-order valence-electron chi connectivity index (χ0n) is 12.9. The summed E-state index contributed by atoms with van der Waals surface area (Å²) in [6.07, 6.45) is 4.04. The first-order valence-corrected chi connectivity index (χ1v) is 7.76. The Kier molecular flexibility index (Phi) is 4.67. The zero-order chi connectivity index (χ0) is 13.9. The van der Waals surface area contributed by atoms with Crippen molar-refractivity contribution in [2.24, 2.45) is 11.3 Å². The first kappa shape index (κ1) is 14.6. The van der Waals surface area contributed by atoms with Gasteiger partial charge in [-0.25, -0.2) is 0 Å². The predicted octanol–water partition coefficient (Wildman–Crippen LogP) is 4.59. The van der Waals surface area contributed by atoms with Crippen molar-refractivity contribution in [2.45, 2.75) is 58.9 Å². The number of nitrogens with one attached hydrogen (secondary N) is 1. The Labute approximate surface area is 118 Å². The SMILES string of the molecule is CC(C)NCC1CCC(C)(C)CC1c1ccccc1. The first-order valence-electron chi connectivity index (χ1n) is 7.76. The Morgan fingerprint density at radius 2 is 1.89 bits per heavy atom. The maximum Gasteiger partial charge on any atom is 0.00104 e. The summed E-state index contributed by atoms with van der Waals surface area (Å²) < 4.78 is 0. The van der Waals surface area contributed by atoms with E-state index in [0.29, 0.717) is 11.5 Å². The molecule has 1 aliphatic carbocycles. The van der Waals surface area contributed by atoms with E-state index >= 15 is 0 Å². The van der Waals surface area contributed by atoms with Gasteiger partial charge in [0.25, 0.3) is 0 Å². The van der Waals surface area contributed by atoms with Crippen molar-refractivity contribution in [3.63, 3.8) is 0 Å². The van der Waals surface area contributed by atoms with Gasteiger partial charge in [0.2, 0.25) is 0 Å². The van der Waals surface area contributed by atoms with Gasteiger partial charge in [-0.1, -0.05) is 58.0 Å². The van der Waals surface area contributed by atoms with E-state index in [1.807, 2.05) is 0 Å². The average Bonchev–Trinajstić information content (AvgIpc) is 2.37. The van der Waals surface area contributed by atoms with E-state index in [9.17, 15) is 0 Å². The van der Waals surface area contributed by atoms with Gasteiger partial charge in [-0.15, -0.1) is 0 Å². The third-order valence-electron chi connectivity index (χ3n) is 4.55. The Hall–Kier alpha value is -0.820. The Balaban J connectivity index is 2.12. The molecular weight excluding hydrogens is 230 g/mol. The molecule has 1 aromatic carbocycles. The van der Waals surface area contributed by atoms with E-state index in [1.165, 1.54) is 24.8 Å². The molecule has 1 N–H and O–H groups in total. The number of hydrogen-bond acceptors (Lipinski definition) is 1. The molecular formula is C18H29N. The van der Waals surface area contributed by atoms with Crippen LogP contribution in [0, 0.1) is 11.3 Å². The molecule has 0 heterocycles. The highest BCUT2D eigenvalue weighted by atomic mass is 14.9. The maximum absolute atomic E-state index is 3.64. The van der Waals surface area contributed by atoms with E-state index < -0.39 is 0 Å². The number of rotatable bonds is 4. The minimum Gasteiger partial charge on any atom is -0.314 e. The van der Waals surface area contributed by atoms with E-state index in [-0.39, 0.29) is 0 Å². The normalized spacial score (nSPS) is 26.6. The molecule has 1 aromatic rings. The zero-order valence-corrected chi connectivity index (χ0v) is 12.9. The lowest BCUT2D eigenvalue weighted by Crippen LogP contribution is -2.37. The predicted molar refractivity (Wildman–Crippen MR) is 83.4 cm³/mol. The Morgan fingerprint density at radius 1 is 1.21 bits per heavy atom. The molecule has 2 rings (SSSR count). The fraction of sp³-hybridized carbons (Fsp3) is 0.667. The average molecular weight is 259 g/mol. The molecule has 1 heteroatoms. The van der Waals surface area contributed by atoms with Gasteiger partial charge >= 0.3 is 0 Å². The quantitative estimate of drug-likeness (QED) is 0.833. The first-order chi connectivity index (χ1) is 8.98. The number of hydrogen-bond donors (Lipinski definition) is 1. The molecule has 0 radical (unpaired) electrons. The molecule has 1 nitrogen and oxygen atoms in total. The summed E-state index contributed by atoms with van der Waals surface area (Å²) in [6.45, 7) is 10.5. The van der Waals surface area contributed by atoms with Crippen LogP contribution in [0.15, 0.2) is 30.3 Å². The van der Waals surface area contributed by atoms with Crippen molar-refractivity contribution in [1.82, 2.24) is 5.32 Å². The van der Waals surface area contributed by atoms with Crippen molar-refractivity contribution >= 4 is 0 Å². The smallest absolute Gasteiger partial charge is 0.00104 e. The van der Waals surface area contributed by atoms with E-state index in [2.05, 4.69) is 63.3 Å². The van der Waals surface area contributed by atoms with Crippen LogP contribution in [0.3, 0.4) is 0 Å². The van der Waals surface area contributed by atoms with Gasteiger partial charge < -0.3 is 5.32 Å². The van der Waals surface area contributed by atoms with Gasteiger partial charge in [0.15, 0.2) is 0 Å². The molecule has 106 valence electrons. The van der Waals surface area contributed by atoms with Crippen LogP contribution in [0.5, 0.6) is 0 Å². The maximum atomic E-state index is 3.64. The largest absolute Gasteiger partial charge is 0.314 e. The van der Waals surface area contributed by atoms with Gasteiger partial charge in [0.05, 0.1) is 0 Å². The summed E-state index contributed by atoms with van der Waals surface area (Å²) in [5, 5.41) is 3.64. The summed E-state index contributed by atoms with van der Waals surface area (Å²) in [5.74, 6) is 1.51. The minimum atomic E-state index is 0.495. The molecule has 2 atom stereocenters. The molecule has 0 aliphatic heterocycles. The summed E-state index contributed by atoms with van der Waals surface area (Å²) in [5.41, 5.74) is 2.03. The van der Waals surface area contributed by atoms with Crippen LogP contribution in [0.2, 0.25) is 0 Å². The van der Waals surface area contributed by atoms with Crippen LogP contribution in [0.4, 0.5) is 0 Å². The van der Waals surface area contributed by atoms with Crippen molar-refractivity contribution in [3.05, 3.63) is 35.9 Å². The molecule has 0 bridgehead atoms. The highest BCUT2D eigenvalue weighted by molar-refractivity contribution is 5.21. The third kappa shape index (κ3) is 4.07. The van der Waals surface area contributed by atoms with Gasteiger partial charge in [-0.05, 0) is 48.6 Å². The van der Waals surface area contributed by atoms with Gasteiger partial charge in [0, 0.05) is 6.04 Å². The monoisotopic (exact) mass is 259 g/mol. The van der Waals surface area contributed by atoms with Crippen LogP contribution in [0.25, 0.3) is 0 Å². The van der Waals surface area contributed by atoms with Crippen LogP contribution >= 0.6 is 0 Å². The van der Waals surface area contributed by atoms with E-state index in [4.69, 9.17) is 0 Å². The van der Waals surface area contributed by atoms with Crippen LogP contribution < -0.4 is 5.32 Å². The van der Waals surface area contributed by atoms with E-state index in [1.54, 1.807) is 0 Å². The number of benzene rings is 1. The molecule has 19 heavy (non-hydrogen) atoms. The lowest BCUT2D eigenvalue weighted by molar-refractivity contribution is 0.158. The fourth-order valence-electron chi connectivity index (χ4n) is 3.36. The summed E-state index contributed by atoms with van der Waals surface area (Å²) in [4.78, 5) is 0. The topological polar surface area (TPSA) is 12.0 Å². The molecule has 1 aliphatic rings. The van der Waals surface area contributed by atoms with Crippen LogP contribution in [-0.2, 0) is 0 Å². The second-order valence-electron chi connectivity index (χ2n) is 7.25. The molecule has 2 unspecified atom stereocenters. The van der Waals surface area contributed by atoms with Crippen molar-refractivity contribution in [2.75, 3.05) is 6.54 Å². The standard InChI is InChI=1S/C18H29N/c1-14(2)19-13-16-10-11-18(3,4)12-17(16)15-8-6-5-7-9-15/h5-9,14,16-17,19H,10-13H2,1-4H3. The molecule has 1 saturated carbocycles. The molecule has 1 fully saturated rings. The summed E-state index contributed by atoms with van der Waals surface area (Å²) >= 11 is 0. The van der Waals surface area contributed by atoms with E-state index in [0.717, 1.165) is 18.4 Å². The van der Waals surface area contributed by atoms with Crippen molar-refractivity contribution in [3.8, 4) is 0 Å². The van der Waals surface area contributed by atoms with Gasteiger partial charge in [-0.3, -0.25) is 0 Å². The lowest BCUT2D eigenvalue weighted by atomic mass is 9.65. The Bertz CT molecular complexity index is 378. The van der Waals surface area contributed by atoms with Crippen molar-refractivity contribution in [1.29, 1.82) is 0 Å². The molecule has 0 saturated heterocycles. The molecule has 0 spiro atoms. The molecule has 0 amide bonds.